The average molecular weight is 594 g/mol. The number of carbonyl (C=O) groups is 3. The first kappa shape index (κ1) is 26.5. The number of Topliss-reactive ketones (excluding diaryl/α,β-unsaturated/α-hetero) is 1. The van der Waals surface area contributed by atoms with Gasteiger partial charge in [-0.25, -0.2) is 4.68 Å². The topological polar surface area (TPSA) is 124 Å². The van der Waals surface area contributed by atoms with Gasteiger partial charge >= 0.3 is 0 Å². The molecule has 0 fully saturated rings. The minimum atomic E-state index is -0.614. The van der Waals surface area contributed by atoms with Crippen LogP contribution in [0.3, 0.4) is 0 Å². The van der Waals surface area contributed by atoms with Gasteiger partial charge in [0.2, 0.25) is 0 Å². The fourth-order valence-corrected chi connectivity index (χ4v) is 5.75. The normalized spacial score (nSPS) is 17.5. The molecule has 1 aliphatic carbocycles. The number of anilines is 1. The van der Waals surface area contributed by atoms with Gasteiger partial charge in [-0.15, -0.1) is 0 Å². The van der Waals surface area contributed by atoms with E-state index >= 15 is 0 Å². The Hall–Kier alpha value is -4.12. The number of fused-ring (bicyclic) bond motifs is 1. The summed E-state index contributed by atoms with van der Waals surface area (Å²) >= 11 is 3.55. The number of ketones is 1. The third-order valence-corrected chi connectivity index (χ3v) is 7.43. The van der Waals surface area contributed by atoms with E-state index in [1.54, 1.807) is 49.2 Å². The van der Waals surface area contributed by atoms with Gasteiger partial charge in [-0.2, -0.15) is 5.10 Å². The van der Waals surface area contributed by atoms with Gasteiger partial charge < -0.3 is 14.8 Å². The van der Waals surface area contributed by atoms with Gasteiger partial charge in [0.1, 0.15) is 17.4 Å². The van der Waals surface area contributed by atoms with Crippen LogP contribution in [0.1, 0.15) is 59.0 Å². The van der Waals surface area contributed by atoms with Gasteiger partial charge in [0, 0.05) is 23.3 Å². The summed E-state index contributed by atoms with van der Waals surface area (Å²) in [5.74, 6) is 0.437. The number of hydrogen-bond donors (Lipinski definition) is 3. The zero-order valence-electron chi connectivity index (χ0n) is 21.9. The number of rotatable bonds is 5. The Bertz CT molecular complexity index is 1510. The molecular formula is C28H28BrN5O5. The Morgan fingerprint density at radius 3 is 2.49 bits per heavy atom. The number of hydrazine groups is 1. The fourth-order valence-electron chi connectivity index (χ4n) is 5.12. The highest BCUT2D eigenvalue weighted by Gasteiger charge is 2.42. The summed E-state index contributed by atoms with van der Waals surface area (Å²) in [6, 6.07) is 11.6. The standard InChI is InChI=1S/C28H28BrN5O5/c1-28(2)12-19-22(20(35)13-28)23(16-10-18(29)24(39-4)21(11-16)38-3)34-25(31-19)17(14-30-34)27(37)33-32-26(36)15-8-6-5-7-9-15/h5-11,14,23,31H,12-13H2,1-4H3,(H,32,36)(H,33,37). The summed E-state index contributed by atoms with van der Waals surface area (Å²) in [5.41, 5.74) is 7.33. The van der Waals surface area contributed by atoms with Gasteiger partial charge in [0.25, 0.3) is 11.8 Å². The first-order chi connectivity index (χ1) is 18.6. The number of methoxy groups -OCH3 is 2. The number of hydrogen-bond acceptors (Lipinski definition) is 7. The van der Waals surface area contributed by atoms with E-state index in [-0.39, 0.29) is 16.8 Å². The molecule has 1 atom stereocenters. The lowest BCUT2D eigenvalue weighted by Gasteiger charge is -2.39. The average Bonchev–Trinajstić information content (AvgIpc) is 3.33. The summed E-state index contributed by atoms with van der Waals surface area (Å²) in [6.07, 6.45) is 2.41. The Kier molecular flexibility index (Phi) is 6.94. The molecule has 10 nitrogen and oxygen atoms in total. The molecule has 0 radical (unpaired) electrons. The van der Waals surface area contributed by atoms with Crippen LogP contribution >= 0.6 is 15.9 Å². The van der Waals surface area contributed by atoms with Crippen LogP contribution in [-0.4, -0.2) is 41.6 Å². The molecule has 5 rings (SSSR count). The molecule has 3 aromatic rings. The second-order valence-electron chi connectivity index (χ2n) is 10.2. The molecule has 0 spiro atoms. The smallest absolute Gasteiger partial charge is 0.275 e. The number of carbonyl (C=O) groups excluding carboxylic acids is 3. The number of benzene rings is 2. The first-order valence-corrected chi connectivity index (χ1v) is 13.1. The molecule has 3 N–H and O–H groups in total. The molecule has 202 valence electrons. The van der Waals surface area contributed by atoms with Crippen molar-refractivity contribution in [2.75, 3.05) is 19.5 Å². The first-order valence-electron chi connectivity index (χ1n) is 12.3. The van der Waals surface area contributed by atoms with Crippen molar-refractivity contribution < 1.29 is 23.9 Å². The molecule has 1 aliphatic heterocycles. The summed E-state index contributed by atoms with van der Waals surface area (Å²) in [6.45, 7) is 4.08. The van der Waals surface area contributed by atoms with Crippen LogP contribution in [-0.2, 0) is 4.79 Å². The summed E-state index contributed by atoms with van der Waals surface area (Å²) in [7, 11) is 3.09. The Morgan fingerprint density at radius 2 is 1.79 bits per heavy atom. The second kappa shape index (κ2) is 10.2. The molecule has 2 aliphatic rings. The number of ether oxygens (including phenoxy) is 2. The van der Waals surface area contributed by atoms with Gasteiger partial charge in [0.15, 0.2) is 17.3 Å². The molecule has 2 aromatic carbocycles. The lowest BCUT2D eigenvalue weighted by atomic mass is 9.73. The van der Waals surface area contributed by atoms with E-state index in [9.17, 15) is 14.4 Å². The maximum Gasteiger partial charge on any atom is 0.275 e. The minimum absolute atomic E-state index is 0.00642. The maximum atomic E-state index is 13.5. The number of allylic oxidation sites excluding steroid dienone is 2. The van der Waals surface area contributed by atoms with Crippen molar-refractivity contribution in [2.24, 2.45) is 5.41 Å². The lowest BCUT2D eigenvalue weighted by molar-refractivity contribution is -0.118. The predicted octanol–water partition coefficient (Wildman–Crippen LogP) is 4.40. The molecule has 1 aromatic heterocycles. The van der Waals surface area contributed by atoms with Crippen molar-refractivity contribution in [3.8, 4) is 11.5 Å². The van der Waals surface area contributed by atoms with E-state index in [2.05, 4.69) is 37.2 Å². The second-order valence-corrected chi connectivity index (χ2v) is 11.1. The molecule has 1 unspecified atom stereocenters. The third-order valence-electron chi connectivity index (χ3n) is 6.84. The Labute approximate surface area is 233 Å². The summed E-state index contributed by atoms with van der Waals surface area (Å²) in [4.78, 5) is 39.2. The lowest BCUT2D eigenvalue weighted by Crippen LogP contribution is -2.42. The highest BCUT2D eigenvalue weighted by molar-refractivity contribution is 9.10. The van der Waals surface area contributed by atoms with Crippen LogP contribution in [0.4, 0.5) is 5.82 Å². The zero-order valence-corrected chi connectivity index (χ0v) is 23.5. The molecule has 0 saturated heterocycles. The van der Waals surface area contributed by atoms with Gasteiger partial charge in [-0.05, 0) is 57.6 Å². The van der Waals surface area contributed by atoms with E-state index in [4.69, 9.17) is 9.47 Å². The molecule has 11 heteroatoms. The molecular weight excluding hydrogens is 566 g/mol. The monoisotopic (exact) mass is 593 g/mol. The number of halogens is 1. The van der Waals surface area contributed by atoms with Crippen molar-refractivity contribution in [3.05, 3.63) is 81.1 Å². The van der Waals surface area contributed by atoms with E-state index in [0.29, 0.717) is 45.8 Å². The largest absolute Gasteiger partial charge is 0.493 e. The minimum Gasteiger partial charge on any atom is -0.493 e. The molecule has 0 saturated carbocycles. The van der Waals surface area contributed by atoms with Gasteiger partial charge in [-0.1, -0.05) is 32.0 Å². The van der Waals surface area contributed by atoms with Crippen LogP contribution in [0.25, 0.3) is 0 Å². The van der Waals surface area contributed by atoms with Crippen LogP contribution in [0, 0.1) is 5.41 Å². The maximum absolute atomic E-state index is 13.5. The summed E-state index contributed by atoms with van der Waals surface area (Å²) < 4.78 is 13.3. The van der Waals surface area contributed by atoms with E-state index in [0.717, 1.165) is 11.3 Å². The Balaban J connectivity index is 1.55. The third kappa shape index (κ3) is 4.89. The van der Waals surface area contributed by atoms with Crippen molar-refractivity contribution in [2.45, 2.75) is 32.7 Å². The van der Waals surface area contributed by atoms with Crippen LogP contribution in [0.15, 0.2) is 64.4 Å². The van der Waals surface area contributed by atoms with Gasteiger partial charge in [-0.3, -0.25) is 25.2 Å². The Morgan fingerprint density at radius 1 is 1.08 bits per heavy atom. The molecule has 39 heavy (non-hydrogen) atoms. The molecule has 0 bridgehead atoms. The zero-order chi connectivity index (χ0) is 27.9. The van der Waals surface area contributed by atoms with Gasteiger partial charge in [0.05, 0.1) is 24.9 Å². The predicted molar refractivity (Wildman–Crippen MR) is 148 cm³/mol. The SMILES string of the molecule is COc1cc(C2C3=C(CC(C)(C)CC3=O)Nc3c(C(=O)NNC(=O)c4ccccc4)cnn32)cc(Br)c1OC. The van der Waals surface area contributed by atoms with Crippen LogP contribution < -0.4 is 25.6 Å². The molecule has 2 heterocycles. The van der Waals surface area contributed by atoms with E-state index in [1.807, 2.05) is 26.0 Å². The van der Waals surface area contributed by atoms with E-state index in [1.165, 1.54) is 6.20 Å². The van der Waals surface area contributed by atoms with E-state index < -0.39 is 17.9 Å². The van der Waals surface area contributed by atoms with Crippen molar-refractivity contribution in [3.63, 3.8) is 0 Å². The number of amides is 2. The van der Waals surface area contributed by atoms with Crippen LogP contribution in [0.2, 0.25) is 0 Å². The number of nitrogens with zero attached hydrogens (tertiary/aromatic N) is 2. The quantitative estimate of drug-likeness (QED) is 0.375. The van der Waals surface area contributed by atoms with Crippen molar-refractivity contribution >= 4 is 39.3 Å². The van der Waals surface area contributed by atoms with Crippen LogP contribution in [0.5, 0.6) is 11.5 Å². The van der Waals surface area contributed by atoms with Crippen molar-refractivity contribution in [1.82, 2.24) is 20.6 Å². The number of aromatic nitrogens is 2. The highest BCUT2D eigenvalue weighted by atomic mass is 79.9. The summed E-state index contributed by atoms with van der Waals surface area (Å²) in [5, 5.41) is 7.83. The number of nitrogens with one attached hydrogen (secondary N) is 3. The van der Waals surface area contributed by atoms with Crippen molar-refractivity contribution in [1.29, 1.82) is 0 Å². The highest BCUT2D eigenvalue weighted by Crippen LogP contribution is 2.48. The fraction of sp³-hybridized carbons (Fsp3) is 0.286. The molecule has 2 amide bonds.